The molecule has 1 unspecified atom stereocenters. The van der Waals surface area contributed by atoms with E-state index in [2.05, 4.69) is 10.6 Å². The van der Waals surface area contributed by atoms with E-state index in [1.165, 1.54) is 38.5 Å². The average Bonchev–Trinajstić information content (AvgIpc) is 2.45. The summed E-state index contributed by atoms with van der Waals surface area (Å²) < 4.78 is 18.5. The molecule has 1 aliphatic heterocycles. The molecule has 1 aromatic carbocycles. The summed E-state index contributed by atoms with van der Waals surface area (Å²) in [5.41, 5.74) is 0.580. The molecule has 5 heteroatoms. The third-order valence-electron chi connectivity index (χ3n) is 4.69. The van der Waals surface area contributed by atoms with Crippen LogP contribution >= 0.6 is 0 Å². The molecule has 3 rings (SSSR count). The van der Waals surface area contributed by atoms with Crippen LogP contribution in [0.2, 0.25) is 0 Å². The van der Waals surface area contributed by atoms with E-state index in [-0.39, 0.29) is 23.2 Å². The maximum Gasteiger partial charge on any atom is 0.251 e. The second-order valence-corrected chi connectivity index (χ2v) is 6.07. The molecule has 1 spiro atoms. The first kappa shape index (κ1) is 14.3. The van der Waals surface area contributed by atoms with Crippen molar-refractivity contribution in [1.29, 1.82) is 0 Å². The van der Waals surface area contributed by atoms with Gasteiger partial charge in [-0.2, -0.15) is 0 Å². The van der Waals surface area contributed by atoms with Crippen molar-refractivity contribution in [3.63, 3.8) is 0 Å². The Morgan fingerprint density at radius 2 is 2.29 bits per heavy atom. The van der Waals surface area contributed by atoms with Gasteiger partial charge in [0.15, 0.2) is 11.6 Å². The first-order chi connectivity index (χ1) is 10.1. The number of carbonyl (C=O) groups excluding carboxylic acids is 1. The Kier molecular flexibility index (Phi) is 3.85. The number of benzene rings is 1. The Hall–Kier alpha value is -1.62. The molecule has 1 aliphatic carbocycles. The minimum Gasteiger partial charge on any atom is -0.494 e. The SMILES string of the molecule is COc1ccc(C(=O)NC2CCNC3(CCC3)C2)cc1F. The topological polar surface area (TPSA) is 50.4 Å². The largest absolute Gasteiger partial charge is 0.494 e. The highest BCUT2D eigenvalue weighted by Gasteiger charge is 2.41. The van der Waals surface area contributed by atoms with Gasteiger partial charge >= 0.3 is 0 Å². The molecule has 0 bridgehead atoms. The van der Waals surface area contributed by atoms with E-state index in [4.69, 9.17) is 4.74 Å². The molecular formula is C16H21FN2O2. The quantitative estimate of drug-likeness (QED) is 0.898. The summed E-state index contributed by atoms with van der Waals surface area (Å²) in [6.45, 7) is 0.932. The van der Waals surface area contributed by atoms with Gasteiger partial charge in [0.1, 0.15) is 0 Å². The molecule has 21 heavy (non-hydrogen) atoms. The van der Waals surface area contributed by atoms with Crippen LogP contribution in [0.15, 0.2) is 18.2 Å². The molecular weight excluding hydrogens is 271 g/mol. The fraction of sp³-hybridized carbons (Fsp3) is 0.562. The predicted molar refractivity (Wildman–Crippen MR) is 78.0 cm³/mol. The number of hydrogen-bond acceptors (Lipinski definition) is 3. The van der Waals surface area contributed by atoms with Gasteiger partial charge in [0.2, 0.25) is 0 Å². The van der Waals surface area contributed by atoms with Crippen LogP contribution in [0.1, 0.15) is 42.5 Å². The van der Waals surface area contributed by atoms with Crippen LogP contribution in [-0.4, -0.2) is 31.1 Å². The highest BCUT2D eigenvalue weighted by atomic mass is 19.1. The van der Waals surface area contributed by atoms with Gasteiger partial charge in [-0.05, 0) is 56.8 Å². The number of methoxy groups -OCH3 is 1. The van der Waals surface area contributed by atoms with Crippen LogP contribution in [0.3, 0.4) is 0 Å². The smallest absolute Gasteiger partial charge is 0.251 e. The molecule has 1 atom stereocenters. The van der Waals surface area contributed by atoms with E-state index in [0.717, 1.165) is 19.4 Å². The number of nitrogens with one attached hydrogen (secondary N) is 2. The van der Waals surface area contributed by atoms with E-state index in [1.807, 2.05) is 0 Å². The van der Waals surface area contributed by atoms with E-state index in [9.17, 15) is 9.18 Å². The highest BCUT2D eigenvalue weighted by Crippen LogP contribution is 2.38. The van der Waals surface area contributed by atoms with Crippen molar-refractivity contribution in [2.24, 2.45) is 0 Å². The molecule has 4 nitrogen and oxygen atoms in total. The van der Waals surface area contributed by atoms with Gasteiger partial charge < -0.3 is 15.4 Å². The van der Waals surface area contributed by atoms with Crippen molar-refractivity contribution >= 4 is 5.91 Å². The van der Waals surface area contributed by atoms with Gasteiger partial charge in [0, 0.05) is 17.1 Å². The van der Waals surface area contributed by atoms with Gasteiger partial charge in [-0.25, -0.2) is 4.39 Å². The van der Waals surface area contributed by atoms with Crippen LogP contribution < -0.4 is 15.4 Å². The van der Waals surface area contributed by atoms with Gasteiger partial charge in [-0.3, -0.25) is 4.79 Å². The van der Waals surface area contributed by atoms with Crippen molar-refractivity contribution in [2.75, 3.05) is 13.7 Å². The summed E-state index contributed by atoms with van der Waals surface area (Å²) in [4.78, 5) is 12.2. The first-order valence-electron chi connectivity index (χ1n) is 7.51. The summed E-state index contributed by atoms with van der Waals surface area (Å²) in [5.74, 6) is -0.564. The first-order valence-corrected chi connectivity index (χ1v) is 7.51. The van der Waals surface area contributed by atoms with Crippen LogP contribution in [0.5, 0.6) is 5.75 Å². The van der Waals surface area contributed by atoms with E-state index in [0.29, 0.717) is 5.56 Å². The van der Waals surface area contributed by atoms with Crippen LogP contribution in [0, 0.1) is 5.82 Å². The minimum atomic E-state index is -0.508. The molecule has 2 fully saturated rings. The van der Waals surface area contributed by atoms with E-state index in [1.54, 1.807) is 6.07 Å². The third kappa shape index (κ3) is 2.88. The van der Waals surface area contributed by atoms with Gasteiger partial charge in [-0.1, -0.05) is 0 Å². The molecule has 0 radical (unpaired) electrons. The zero-order valence-electron chi connectivity index (χ0n) is 12.2. The standard InChI is InChI=1S/C16H21FN2O2/c1-21-14-4-3-11(9-13(14)17)15(20)19-12-5-8-18-16(10-12)6-2-7-16/h3-4,9,12,18H,2,5-8,10H2,1H3,(H,19,20). The number of piperidine rings is 1. The average molecular weight is 292 g/mol. The van der Waals surface area contributed by atoms with Crippen LogP contribution in [0.25, 0.3) is 0 Å². The van der Waals surface area contributed by atoms with Gasteiger partial charge in [-0.15, -0.1) is 0 Å². The van der Waals surface area contributed by atoms with Crippen molar-refractivity contribution in [1.82, 2.24) is 10.6 Å². The highest BCUT2D eigenvalue weighted by molar-refractivity contribution is 5.94. The maximum absolute atomic E-state index is 13.7. The van der Waals surface area contributed by atoms with Crippen LogP contribution in [-0.2, 0) is 0 Å². The second-order valence-electron chi connectivity index (χ2n) is 6.07. The second kappa shape index (κ2) is 5.64. The molecule has 2 aliphatic rings. The zero-order valence-corrected chi connectivity index (χ0v) is 12.2. The summed E-state index contributed by atoms with van der Waals surface area (Å²) >= 11 is 0. The third-order valence-corrected chi connectivity index (χ3v) is 4.69. The summed E-state index contributed by atoms with van der Waals surface area (Å²) in [6, 6.07) is 4.48. The lowest BCUT2D eigenvalue weighted by Gasteiger charge is -2.48. The summed E-state index contributed by atoms with van der Waals surface area (Å²) in [7, 11) is 1.41. The lowest BCUT2D eigenvalue weighted by atomic mass is 9.70. The van der Waals surface area contributed by atoms with Crippen LogP contribution in [0.4, 0.5) is 4.39 Å². The van der Waals surface area contributed by atoms with E-state index >= 15 is 0 Å². The molecule has 114 valence electrons. The monoisotopic (exact) mass is 292 g/mol. The minimum absolute atomic E-state index is 0.154. The number of hydrogen-bond donors (Lipinski definition) is 2. The predicted octanol–water partition coefficient (Wildman–Crippen LogP) is 2.24. The Morgan fingerprint density at radius 1 is 1.48 bits per heavy atom. The summed E-state index contributed by atoms with van der Waals surface area (Å²) in [5, 5.41) is 6.61. The number of halogens is 1. The molecule has 1 amide bonds. The zero-order chi connectivity index (χ0) is 14.9. The lowest BCUT2D eigenvalue weighted by Crippen LogP contribution is -2.59. The molecule has 2 N–H and O–H groups in total. The Bertz CT molecular complexity index is 543. The van der Waals surface area contributed by atoms with Gasteiger partial charge in [0.25, 0.3) is 5.91 Å². The number of amides is 1. The molecule has 1 heterocycles. The fourth-order valence-corrected chi connectivity index (χ4v) is 3.34. The Morgan fingerprint density at radius 3 is 2.90 bits per heavy atom. The number of rotatable bonds is 3. The maximum atomic E-state index is 13.7. The number of carbonyl (C=O) groups is 1. The van der Waals surface area contributed by atoms with Crippen molar-refractivity contribution in [2.45, 2.75) is 43.7 Å². The summed E-state index contributed by atoms with van der Waals surface area (Å²) in [6.07, 6.45) is 5.54. The van der Waals surface area contributed by atoms with E-state index < -0.39 is 5.82 Å². The van der Waals surface area contributed by atoms with Crippen molar-refractivity contribution in [3.05, 3.63) is 29.6 Å². The van der Waals surface area contributed by atoms with Crippen molar-refractivity contribution < 1.29 is 13.9 Å². The normalized spacial score (nSPS) is 23.4. The molecule has 1 saturated heterocycles. The Labute approximate surface area is 124 Å². The lowest BCUT2D eigenvalue weighted by molar-refractivity contribution is 0.0852. The van der Waals surface area contributed by atoms with Crippen molar-refractivity contribution in [3.8, 4) is 5.75 Å². The molecule has 0 aromatic heterocycles. The Balaban J connectivity index is 1.64. The van der Waals surface area contributed by atoms with Gasteiger partial charge in [0.05, 0.1) is 7.11 Å². The fourth-order valence-electron chi connectivity index (χ4n) is 3.34. The molecule has 1 saturated carbocycles. The number of ether oxygens (including phenoxy) is 1. The molecule has 1 aromatic rings.